The number of carbonyl (C=O) groups excluding carboxylic acids is 1. The number of nitrogens with one attached hydrogen (secondary N) is 1. The highest BCUT2D eigenvalue weighted by molar-refractivity contribution is 9.10. The molecule has 0 aromatic heterocycles. The Hall–Kier alpha value is -1.17. The highest BCUT2D eigenvalue weighted by Gasteiger charge is 2.22. The van der Waals surface area contributed by atoms with Crippen molar-refractivity contribution in [3.05, 3.63) is 28.2 Å². The largest absolute Gasteiger partial charge is 0.371 e. The molecule has 1 aliphatic heterocycles. The molecule has 1 amide bonds. The van der Waals surface area contributed by atoms with Crippen molar-refractivity contribution >= 4 is 27.5 Å². The van der Waals surface area contributed by atoms with Gasteiger partial charge in [0.15, 0.2) is 0 Å². The summed E-state index contributed by atoms with van der Waals surface area (Å²) in [4.78, 5) is 14.2. The van der Waals surface area contributed by atoms with Gasteiger partial charge in [-0.25, -0.2) is 8.78 Å². The lowest BCUT2D eigenvalue weighted by Crippen LogP contribution is -2.42. The summed E-state index contributed by atoms with van der Waals surface area (Å²) in [6.45, 7) is 3.20. The SMILES string of the molecule is CC(Nc1cc(Br)c(F)cc1F)C(=O)N1CCCCCC1. The van der Waals surface area contributed by atoms with Crippen LogP contribution in [0.3, 0.4) is 0 Å². The van der Waals surface area contributed by atoms with Crippen LogP contribution >= 0.6 is 15.9 Å². The quantitative estimate of drug-likeness (QED) is 0.828. The molecule has 3 nitrogen and oxygen atoms in total. The maximum atomic E-state index is 13.7. The Morgan fingerprint density at radius 3 is 2.43 bits per heavy atom. The zero-order valence-corrected chi connectivity index (χ0v) is 13.6. The van der Waals surface area contributed by atoms with Gasteiger partial charge in [-0.1, -0.05) is 12.8 Å². The van der Waals surface area contributed by atoms with E-state index in [1.807, 2.05) is 4.90 Å². The third-order valence-electron chi connectivity index (χ3n) is 3.67. The van der Waals surface area contributed by atoms with Gasteiger partial charge in [0.05, 0.1) is 10.2 Å². The molecule has 0 radical (unpaired) electrons. The monoisotopic (exact) mass is 360 g/mol. The van der Waals surface area contributed by atoms with Crippen molar-refractivity contribution in [1.82, 2.24) is 4.90 Å². The molecule has 1 aromatic carbocycles. The van der Waals surface area contributed by atoms with Gasteiger partial charge in [-0.2, -0.15) is 0 Å². The molecule has 6 heteroatoms. The van der Waals surface area contributed by atoms with E-state index in [4.69, 9.17) is 0 Å². The number of amides is 1. The number of anilines is 1. The number of carbonyl (C=O) groups is 1. The van der Waals surface area contributed by atoms with Gasteiger partial charge in [0, 0.05) is 19.2 Å². The van der Waals surface area contributed by atoms with Crippen LogP contribution in [0.25, 0.3) is 0 Å². The second-order valence-electron chi connectivity index (χ2n) is 5.35. The summed E-state index contributed by atoms with van der Waals surface area (Å²) >= 11 is 3.02. The average Bonchev–Trinajstić information content (AvgIpc) is 2.72. The van der Waals surface area contributed by atoms with E-state index in [0.717, 1.165) is 44.8 Å². The highest BCUT2D eigenvalue weighted by Crippen LogP contribution is 2.24. The summed E-state index contributed by atoms with van der Waals surface area (Å²) < 4.78 is 27.1. The van der Waals surface area contributed by atoms with E-state index in [-0.39, 0.29) is 16.1 Å². The summed E-state index contributed by atoms with van der Waals surface area (Å²) in [6.07, 6.45) is 4.31. The van der Waals surface area contributed by atoms with E-state index < -0.39 is 17.7 Å². The molecule has 1 aliphatic rings. The van der Waals surface area contributed by atoms with Crippen LogP contribution in [0.5, 0.6) is 0 Å². The molecule has 2 rings (SSSR count). The molecule has 1 saturated heterocycles. The minimum atomic E-state index is -0.703. The van der Waals surface area contributed by atoms with Crippen LogP contribution < -0.4 is 5.32 Å². The minimum Gasteiger partial charge on any atom is -0.371 e. The molecule has 116 valence electrons. The van der Waals surface area contributed by atoms with Gasteiger partial charge in [-0.15, -0.1) is 0 Å². The second kappa shape index (κ2) is 7.20. The van der Waals surface area contributed by atoms with Crippen LogP contribution in [-0.4, -0.2) is 29.9 Å². The summed E-state index contributed by atoms with van der Waals surface area (Å²) in [5.74, 6) is -1.41. The lowest BCUT2D eigenvalue weighted by molar-refractivity contribution is -0.131. The fraction of sp³-hybridized carbons (Fsp3) is 0.533. The molecule has 1 atom stereocenters. The predicted octanol–water partition coefficient (Wildman–Crippen LogP) is 3.93. The Bertz CT molecular complexity index is 517. The van der Waals surface area contributed by atoms with E-state index in [0.29, 0.717) is 0 Å². The Balaban J connectivity index is 2.04. The summed E-state index contributed by atoms with van der Waals surface area (Å²) in [5.41, 5.74) is 0.124. The first-order valence-electron chi connectivity index (χ1n) is 7.19. The van der Waals surface area contributed by atoms with E-state index in [1.54, 1.807) is 6.92 Å². The summed E-state index contributed by atoms with van der Waals surface area (Å²) in [7, 11) is 0. The molecule has 1 heterocycles. The highest BCUT2D eigenvalue weighted by atomic mass is 79.9. The smallest absolute Gasteiger partial charge is 0.244 e. The van der Waals surface area contributed by atoms with Crippen molar-refractivity contribution < 1.29 is 13.6 Å². The lowest BCUT2D eigenvalue weighted by Gasteiger charge is -2.25. The zero-order valence-electron chi connectivity index (χ0n) is 12.0. The number of hydrogen-bond acceptors (Lipinski definition) is 2. The van der Waals surface area contributed by atoms with Crippen molar-refractivity contribution in [3.63, 3.8) is 0 Å². The third-order valence-corrected chi connectivity index (χ3v) is 4.28. The predicted molar refractivity (Wildman–Crippen MR) is 82.2 cm³/mol. The molecule has 0 spiro atoms. The molecule has 0 saturated carbocycles. The van der Waals surface area contributed by atoms with Crippen LogP contribution in [0.2, 0.25) is 0 Å². The average molecular weight is 361 g/mol. The Morgan fingerprint density at radius 1 is 1.19 bits per heavy atom. The number of benzene rings is 1. The molecular formula is C15H19BrF2N2O. The number of halogens is 3. The molecular weight excluding hydrogens is 342 g/mol. The van der Waals surface area contributed by atoms with Crippen LogP contribution in [-0.2, 0) is 4.79 Å². The number of nitrogens with zero attached hydrogens (tertiary/aromatic N) is 1. The zero-order chi connectivity index (χ0) is 15.4. The number of rotatable bonds is 3. The first-order valence-corrected chi connectivity index (χ1v) is 7.98. The van der Waals surface area contributed by atoms with Crippen LogP contribution in [0, 0.1) is 11.6 Å². The fourth-order valence-corrected chi connectivity index (χ4v) is 2.84. The van der Waals surface area contributed by atoms with Crippen LogP contribution in [0.4, 0.5) is 14.5 Å². The molecule has 21 heavy (non-hydrogen) atoms. The summed E-state index contributed by atoms with van der Waals surface area (Å²) in [6, 6.07) is 1.57. The fourth-order valence-electron chi connectivity index (χ4n) is 2.49. The lowest BCUT2D eigenvalue weighted by atomic mass is 10.2. The van der Waals surface area contributed by atoms with Gasteiger partial charge in [0.25, 0.3) is 0 Å². The van der Waals surface area contributed by atoms with Crippen molar-refractivity contribution in [3.8, 4) is 0 Å². The Labute approximate surface area is 131 Å². The van der Waals surface area contributed by atoms with Crippen molar-refractivity contribution in [1.29, 1.82) is 0 Å². The van der Waals surface area contributed by atoms with Crippen molar-refractivity contribution in [2.75, 3.05) is 18.4 Å². The molecule has 1 N–H and O–H groups in total. The van der Waals surface area contributed by atoms with Crippen molar-refractivity contribution in [2.45, 2.75) is 38.6 Å². The topological polar surface area (TPSA) is 32.3 Å². The van der Waals surface area contributed by atoms with Gasteiger partial charge in [-0.05, 0) is 41.8 Å². The molecule has 1 unspecified atom stereocenters. The summed E-state index contributed by atoms with van der Waals surface area (Å²) in [5, 5.41) is 2.83. The first-order chi connectivity index (χ1) is 9.99. The van der Waals surface area contributed by atoms with Crippen LogP contribution in [0.1, 0.15) is 32.6 Å². The van der Waals surface area contributed by atoms with Gasteiger partial charge < -0.3 is 10.2 Å². The van der Waals surface area contributed by atoms with Gasteiger partial charge in [0.2, 0.25) is 5.91 Å². The van der Waals surface area contributed by atoms with E-state index in [1.165, 1.54) is 6.07 Å². The Kier molecular flexibility index (Phi) is 5.56. The molecule has 1 fully saturated rings. The van der Waals surface area contributed by atoms with Gasteiger partial charge >= 0.3 is 0 Å². The molecule has 0 bridgehead atoms. The third kappa shape index (κ3) is 4.15. The van der Waals surface area contributed by atoms with Gasteiger partial charge in [0.1, 0.15) is 17.7 Å². The van der Waals surface area contributed by atoms with Crippen molar-refractivity contribution in [2.24, 2.45) is 0 Å². The Morgan fingerprint density at radius 2 is 1.81 bits per heavy atom. The van der Waals surface area contributed by atoms with Crippen LogP contribution in [0.15, 0.2) is 16.6 Å². The standard InChI is InChI=1S/C15H19BrF2N2O/c1-10(15(21)20-6-4-2-3-5-7-20)19-14-8-11(16)12(17)9-13(14)18/h8-10,19H,2-7H2,1H3. The molecule has 0 aliphatic carbocycles. The maximum absolute atomic E-state index is 13.7. The van der Waals surface area contributed by atoms with E-state index >= 15 is 0 Å². The second-order valence-corrected chi connectivity index (χ2v) is 6.21. The first kappa shape index (κ1) is 16.2. The van der Waals surface area contributed by atoms with E-state index in [9.17, 15) is 13.6 Å². The minimum absolute atomic E-state index is 0.0447. The normalized spacial score (nSPS) is 17.2. The van der Waals surface area contributed by atoms with Gasteiger partial charge in [-0.3, -0.25) is 4.79 Å². The van der Waals surface area contributed by atoms with E-state index in [2.05, 4.69) is 21.2 Å². The number of hydrogen-bond donors (Lipinski definition) is 1. The molecule has 1 aromatic rings. The maximum Gasteiger partial charge on any atom is 0.244 e. The number of likely N-dealkylation sites (tertiary alicyclic amines) is 1.